The van der Waals surface area contributed by atoms with Crippen molar-refractivity contribution in [1.82, 2.24) is 4.90 Å². The van der Waals surface area contributed by atoms with Gasteiger partial charge in [0.25, 0.3) is 0 Å². The molecule has 0 saturated carbocycles. The molecule has 1 heterocycles. The van der Waals surface area contributed by atoms with E-state index in [1.54, 1.807) is 0 Å². The Morgan fingerprint density at radius 1 is 1.04 bits per heavy atom. The van der Waals surface area contributed by atoms with Crippen LogP contribution in [0.1, 0.15) is 45.0 Å². The van der Waals surface area contributed by atoms with E-state index in [2.05, 4.69) is 38.8 Å². The lowest BCUT2D eigenvalue weighted by Crippen LogP contribution is -2.54. The number of rotatable bonds is 5. The van der Waals surface area contributed by atoms with Crippen LogP contribution in [-0.2, 0) is 4.74 Å². The van der Waals surface area contributed by atoms with Gasteiger partial charge >= 0.3 is 0 Å². The fraction of sp³-hybridized carbons (Fsp3) is 0.650. The van der Waals surface area contributed by atoms with Gasteiger partial charge in [-0.15, -0.1) is 0 Å². The molecular weight excluding hydrogens is 330 g/mol. The quantitative estimate of drug-likeness (QED) is 0.575. The van der Waals surface area contributed by atoms with Gasteiger partial charge in [0, 0.05) is 18.7 Å². The lowest BCUT2D eigenvalue weighted by Gasteiger charge is -2.39. The highest BCUT2D eigenvalue weighted by Crippen LogP contribution is 2.37. The second kappa shape index (κ2) is 7.21. The molecule has 0 spiro atoms. The Bertz CT molecular complexity index is 596. The number of ketones is 1. The molecule has 1 aliphatic heterocycles. The van der Waals surface area contributed by atoms with Crippen LogP contribution in [0.2, 0.25) is 18.1 Å². The zero-order valence-corrected chi connectivity index (χ0v) is 17.8. The first-order valence-corrected chi connectivity index (χ1v) is 12.0. The summed E-state index contributed by atoms with van der Waals surface area (Å²) in [6.45, 7) is 18.1. The largest absolute Gasteiger partial charge is 0.544 e. The number of morpholine rings is 1. The van der Waals surface area contributed by atoms with Crippen LogP contribution in [0.5, 0.6) is 5.75 Å². The molecule has 1 saturated heterocycles. The SMILES string of the molecule is CC(C)(C(=O)c1ccc(O[Si](C)(C)C(C)(C)C)cc1)N1CCOCC1. The zero-order chi connectivity index (χ0) is 18.9. The summed E-state index contributed by atoms with van der Waals surface area (Å²) < 4.78 is 11.7. The van der Waals surface area contributed by atoms with Crippen molar-refractivity contribution in [1.29, 1.82) is 0 Å². The molecule has 5 heteroatoms. The molecule has 0 radical (unpaired) electrons. The van der Waals surface area contributed by atoms with Crippen molar-refractivity contribution in [3.05, 3.63) is 29.8 Å². The fourth-order valence-electron chi connectivity index (χ4n) is 2.74. The topological polar surface area (TPSA) is 38.8 Å². The lowest BCUT2D eigenvalue weighted by atomic mass is 9.91. The number of ether oxygens (including phenoxy) is 1. The summed E-state index contributed by atoms with van der Waals surface area (Å²) in [7, 11) is -1.86. The van der Waals surface area contributed by atoms with Crippen LogP contribution in [0.3, 0.4) is 0 Å². The highest BCUT2D eigenvalue weighted by Gasteiger charge is 2.39. The third kappa shape index (κ3) is 4.52. The molecule has 0 aliphatic carbocycles. The van der Waals surface area contributed by atoms with Gasteiger partial charge in [0.05, 0.1) is 18.8 Å². The van der Waals surface area contributed by atoms with Crippen molar-refractivity contribution in [2.45, 2.75) is 58.3 Å². The van der Waals surface area contributed by atoms with Crippen LogP contribution in [0.15, 0.2) is 24.3 Å². The molecule has 0 atom stereocenters. The summed E-state index contributed by atoms with van der Waals surface area (Å²) in [5, 5.41) is 0.153. The van der Waals surface area contributed by atoms with E-state index in [9.17, 15) is 4.79 Å². The minimum Gasteiger partial charge on any atom is -0.544 e. The average Bonchev–Trinajstić information content (AvgIpc) is 2.54. The lowest BCUT2D eigenvalue weighted by molar-refractivity contribution is -0.00429. The Morgan fingerprint density at radius 2 is 1.56 bits per heavy atom. The zero-order valence-electron chi connectivity index (χ0n) is 16.8. The van der Waals surface area contributed by atoms with Crippen LogP contribution in [0.25, 0.3) is 0 Å². The third-order valence-electron chi connectivity index (χ3n) is 5.65. The summed E-state index contributed by atoms with van der Waals surface area (Å²) >= 11 is 0. The molecule has 0 N–H and O–H groups in total. The Balaban J connectivity index is 2.12. The second-order valence-corrected chi connectivity index (χ2v) is 13.6. The van der Waals surface area contributed by atoms with E-state index in [0.29, 0.717) is 13.2 Å². The molecule has 2 rings (SSSR count). The van der Waals surface area contributed by atoms with E-state index in [4.69, 9.17) is 9.16 Å². The molecule has 1 aromatic rings. The number of carbonyl (C=O) groups excluding carboxylic acids is 1. The number of carbonyl (C=O) groups is 1. The smallest absolute Gasteiger partial charge is 0.250 e. The standard InChI is InChI=1S/C20H33NO3Si/c1-19(2,3)25(6,7)24-17-10-8-16(9-11-17)18(22)20(4,5)21-12-14-23-15-13-21/h8-11H,12-15H2,1-7H3. The Labute approximate surface area is 153 Å². The normalized spacial score (nSPS) is 17.4. The molecule has 0 amide bonds. The molecule has 0 bridgehead atoms. The summed E-state index contributed by atoms with van der Waals surface area (Å²) in [5.74, 6) is 1.00. The molecule has 25 heavy (non-hydrogen) atoms. The summed E-state index contributed by atoms with van der Waals surface area (Å²) in [4.78, 5) is 15.2. The number of Topliss-reactive ketones (excluding diaryl/α,β-unsaturated/α-hetero) is 1. The Kier molecular flexibility index (Phi) is 5.81. The van der Waals surface area contributed by atoms with E-state index in [-0.39, 0.29) is 10.8 Å². The molecule has 1 fully saturated rings. The minimum atomic E-state index is -1.86. The minimum absolute atomic E-state index is 0.147. The van der Waals surface area contributed by atoms with Crippen LogP contribution in [0, 0.1) is 0 Å². The van der Waals surface area contributed by atoms with Crippen LogP contribution >= 0.6 is 0 Å². The molecule has 0 aromatic heterocycles. The van der Waals surface area contributed by atoms with Crippen molar-refractivity contribution in [3.8, 4) is 5.75 Å². The first-order valence-electron chi connectivity index (χ1n) is 9.12. The van der Waals surface area contributed by atoms with Gasteiger partial charge in [0.15, 0.2) is 5.78 Å². The van der Waals surface area contributed by atoms with Gasteiger partial charge in [0.1, 0.15) is 5.75 Å². The van der Waals surface area contributed by atoms with Gasteiger partial charge in [-0.3, -0.25) is 9.69 Å². The maximum absolute atomic E-state index is 13.0. The van der Waals surface area contributed by atoms with E-state index < -0.39 is 13.9 Å². The second-order valence-electron chi connectivity index (χ2n) is 8.87. The fourth-order valence-corrected chi connectivity index (χ4v) is 3.77. The van der Waals surface area contributed by atoms with Crippen LogP contribution in [-0.4, -0.2) is 50.8 Å². The predicted molar refractivity (Wildman–Crippen MR) is 105 cm³/mol. The summed E-state index contributed by atoms with van der Waals surface area (Å²) in [6.07, 6.45) is 0. The molecular formula is C20H33NO3Si. The van der Waals surface area contributed by atoms with Gasteiger partial charge in [-0.05, 0) is 56.2 Å². The maximum atomic E-state index is 13.0. The maximum Gasteiger partial charge on any atom is 0.250 e. The van der Waals surface area contributed by atoms with E-state index in [1.165, 1.54) is 0 Å². The Hall–Kier alpha value is -1.17. The van der Waals surface area contributed by atoms with Gasteiger partial charge < -0.3 is 9.16 Å². The molecule has 1 aromatic carbocycles. The van der Waals surface area contributed by atoms with Gasteiger partial charge in [-0.25, -0.2) is 0 Å². The average molecular weight is 364 g/mol. The van der Waals surface area contributed by atoms with Crippen LogP contribution < -0.4 is 4.43 Å². The monoisotopic (exact) mass is 363 g/mol. The van der Waals surface area contributed by atoms with Gasteiger partial charge in [-0.2, -0.15) is 0 Å². The van der Waals surface area contributed by atoms with Gasteiger partial charge in [0.2, 0.25) is 8.32 Å². The first-order chi connectivity index (χ1) is 11.4. The van der Waals surface area contributed by atoms with E-state index in [1.807, 2.05) is 38.1 Å². The number of hydrogen-bond acceptors (Lipinski definition) is 4. The highest BCUT2D eigenvalue weighted by molar-refractivity contribution is 6.74. The van der Waals surface area contributed by atoms with Crippen molar-refractivity contribution in [3.63, 3.8) is 0 Å². The first kappa shape index (κ1) is 20.1. The van der Waals surface area contributed by atoms with E-state index >= 15 is 0 Å². The third-order valence-corrected chi connectivity index (χ3v) is 10.0. The molecule has 0 unspecified atom stereocenters. The number of hydrogen-bond donors (Lipinski definition) is 0. The van der Waals surface area contributed by atoms with Crippen molar-refractivity contribution in [2.24, 2.45) is 0 Å². The Morgan fingerprint density at radius 3 is 2.04 bits per heavy atom. The van der Waals surface area contributed by atoms with Crippen LogP contribution in [0.4, 0.5) is 0 Å². The molecule has 140 valence electrons. The predicted octanol–water partition coefficient (Wildman–Crippen LogP) is 4.36. The van der Waals surface area contributed by atoms with Gasteiger partial charge in [-0.1, -0.05) is 20.8 Å². The summed E-state index contributed by atoms with van der Waals surface area (Å²) in [6, 6.07) is 7.66. The number of nitrogens with zero attached hydrogens (tertiary/aromatic N) is 1. The van der Waals surface area contributed by atoms with Crippen molar-refractivity contribution in [2.75, 3.05) is 26.3 Å². The van der Waals surface area contributed by atoms with Crippen molar-refractivity contribution >= 4 is 14.1 Å². The highest BCUT2D eigenvalue weighted by atomic mass is 28.4. The van der Waals surface area contributed by atoms with E-state index in [0.717, 1.165) is 24.4 Å². The molecule has 1 aliphatic rings. The number of benzene rings is 1. The molecule has 4 nitrogen and oxygen atoms in total. The van der Waals surface area contributed by atoms with Crippen molar-refractivity contribution < 1.29 is 14.0 Å². The summed E-state index contributed by atoms with van der Waals surface area (Å²) in [5.41, 5.74) is 0.213.